The van der Waals surface area contributed by atoms with Crippen molar-refractivity contribution >= 4 is 5.97 Å². The van der Waals surface area contributed by atoms with Crippen molar-refractivity contribution in [1.29, 1.82) is 0 Å². The lowest BCUT2D eigenvalue weighted by Crippen LogP contribution is -1.84. The van der Waals surface area contributed by atoms with E-state index in [-0.39, 0.29) is 0 Å². The fourth-order valence-electron chi connectivity index (χ4n) is 0.409. The van der Waals surface area contributed by atoms with E-state index in [0.29, 0.717) is 0 Å². The first-order chi connectivity index (χ1) is 5.27. The molecule has 0 aliphatic rings. The number of carboxylic acid groups (broad SMARTS) is 1. The smallest absolute Gasteiger partial charge is 0.328 e. The van der Waals surface area contributed by atoms with E-state index in [1.165, 1.54) is 6.08 Å². The molecule has 0 bridgehead atoms. The van der Waals surface area contributed by atoms with Gasteiger partial charge in [-0.15, -0.1) is 0 Å². The Morgan fingerprint density at radius 3 is 2.18 bits per heavy atom. The standard InChI is InChI=1S/C9H10O2/c1-2-3-4-5-6-7-8-9(10)11/h2-8H,1H2,(H,10,11)/b4-3?,6-5+,8-7+. The molecular formula is C9H10O2. The molecule has 0 aromatic carbocycles. The highest BCUT2D eigenvalue weighted by molar-refractivity contribution is 5.80. The highest BCUT2D eigenvalue weighted by Gasteiger charge is 1.78. The van der Waals surface area contributed by atoms with Crippen LogP contribution in [-0.4, -0.2) is 11.1 Å². The monoisotopic (exact) mass is 150 g/mol. The summed E-state index contributed by atoms with van der Waals surface area (Å²) < 4.78 is 0. The molecule has 0 radical (unpaired) electrons. The highest BCUT2D eigenvalue weighted by Crippen LogP contribution is 1.80. The van der Waals surface area contributed by atoms with Crippen molar-refractivity contribution in [3.05, 3.63) is 49.1 Å². The van der Waals surface area contributed by atoms with E-state index in [1.807, 2.05) is 0 Å². The minimum Gasteiger partial charge on any atom is -0.478 e. The van der Waals surface area contributed by atoms with Gasteiger partial charge in [0.2, 0.25) is 0 Å². The Hall–Kier alpha value is -1.57. The lowest BCUT2D eigenvalue weighted by molar-refractivity contribution is -0.131. The molecular weight excluding hydrogens is 140 g/mol. The fraction of sp³-hybridized carbons (Fsp3) is 0. The second-order valence-corrected chi connectivity index (χ2v) is 1.70. The lowest BCUT2D eigenvalue weighted by atomic mass is 10.4. The molecule has 2 nitrogen and oxygen atoms in total. The second-order valence-electron chi connectivity index (χ2n) is 1.70. The Morgan fingerprint density at radius 2 is 1.64 bits per heavy atom. The van der Waals surface area contributed by atoms with Crippen LogP contribution in [0.2, 0.25) is 0 Å². The molecule has 0 saturated carbocycles. The number of hydrogen-bond acceptors (Lipinski definition) is 1. The van der Waals surface area contributed by atoms with Crippen molar-refractivity contribution in [2.75, 3.05) is 0 Å². The maximum Gasteiger partial charge on any atom is 0.328 e. The van der Waals surface area contributed by atoms with Crippen LogP contribution >= 0.6 is 0 Å². The van der Waals surface area contributed by atoms with E-state index in [0.717, 1.165) is 6.08 Å². The molecule has 0 fully saturated rings. The quantitative estimate of drug-likeness (QED) is 0.491. The largest absolute Gasteiger partial charge is 0.478 e. The van der Waals surface area contributed by atoms with Gasteiger partial charge in [-0.3, -0.25) is 0 Å². The van der Waals surface area contributed by atoms with Crippen molar-refractivity contribution in [2.45, 2.75) is 0 Å². The third-order valence-corrected chi connectivity index (χ3v) is 0.819. The SMILES string of the molecule is C=CC=C/C=C/C=C/C(=O)O. The normalized spacial score (nSPS) is 11.6. The van der Waals surface area contributed by atoms with Gasteiger partial charge in [0.1, 0.15) is 0 Å². The Morgan fingerprint density at radius 1 is 1.09 bits per heavy atom. The summed E-state index contributed by atoms with van der Waals surface area (Å²) in [6.07, 6.45) is 11.0. The Bertz CT molecular complexity index is 210. The van der Waals surface area contributed by atoms with Gasteiger partial charge < -0.3 is 5.11 Å². The number of carboxylic acids is 1. The van der Waals surface area contributed by atoms with Crippen LogP contribution < -0.4 is 0 Å². The molecule has 0 aliphatic heterocycles. The van der Waals surface area contributed by atoms with E-state index < -0.39 is 5.97 Å². The first kappa shape index (κ1) is 9.43. The third kappa shape index (κ3) is 8.43. The molecule has 0 saturated heterocycles. The van der Waals surface area contributed by atoms with Gasteiger partial charge in [0.15, 0.2) is 0 Å². The van der Waals surface area contributed by atoms with Crippen LogP contribution in [0.1, 0.15) is 0 Å². The first-order valence-electron chi connectivity index (χ1n) is 3.12. The molecule has 0 amide bonds. The minimum absolute atomic E-state index is 0.942. The number of hydrogen-bond donors (Lipinski definition) is 1. The van der Waals surface area contributed by atoms with Gasteiger partial charge >= 0.3 is 5.97 Å². The summed E-state index contributed by atoms with van der Waals surface area (Å²) >= 11 is 0. The van der Waals surface area contributed by atoms with Crippen LogP contribution in [0.15, 0.2) is 49.1 Å². The molecule has 0 aliphatic carbocycles. The summed E-state index contributed by atoms with van der Waals surface area (Å²) in [5.74, 6) is -0.942. The Balaban J connectivity index is 3.68. The van der Waals surface area contributed by atoms with Crippen molar-refractivity contribution < 1.29 is 9.90 Å². The fourth-order valence-corrected chi connectivity index (χ4v) is 0.409. The van der Waals surface area contributed by atoms with E-state index in [4.69, 9.17) is 5.11 Å². The molecule has 0 rings (SSSR count). The van der Waals surface area contributed by atoms with Gasteiger partial charge in [0.25, 0.3) is 0 Å². The van der Waals surface area contributed by atoms with Gasteiger partial charge in [-0.05, 0) is 0 Å². The topological polar surface area (TPSA) is 37.3 Å². The summed E-state index contributed by atoms with van der Waals surface area (Å²) in [6, 6.07) is 0. The van der Waals surface area contributed by atoms with Crippen LogP contribution in [0, 0.1) is 0 Å². The summed E-state index contributed by atoms with van der Waals surface area (Å²) in [7, 11) is 0. The molecule has 1 N–H and O–H groups in total. The predicted octanol–water partition coefficient (Wildman–Crippen LogP) is 1.93. The average molecular weight is 150 g/mol. The molecule has 0 aromatic rings. The van der Waals surface area contributed by atoms with E-state index in [9.17, 15) is 4.79 Å². The van der Waals surface area contributed by atoms with Crippen LogP contribution in [0.3, 0.4) is 0 Å². The molecule has 0 atom stereocenters. The van der Waals surface area contributed by atoms with Gasteiger partial charge in [0.05, 0.1) is 0 Å². The first-order valence-corrected chi connectivity index (χ1v) is 3.12. The molecule has 58 valence electrons. The zero-order valence-electron chi connectivity index (χ0n) is 6.10. The van der Waals surface area contributed by atoms with Gasteiger partial charge in [-0.2, -0.15) is 0 Å². The predicted molar refractivity (Wildman–Crippen MR) is 45.3 cm³/mol. The molecule has 11 heavy (non-hydrogen) atoms. The maximum absolute atomic E-state index is 9.93. The Kier molecular flexibility index (Phi) is 5.61. The van der Waals surface area contributed by atoms with Crippen molar-refractivity contribution in [3.8, 4) is 0 Å². The van der Waals surface area contributed by atoms with Crippen molar-refractivity contribution in [3.63, 3.8) is 0 Å². The van der Waals surface area contributed by atoms with Crippen LogP contribution in [0.4, 0.5) is 0 Å². The van der Waals surface area contributed by atoms with Crippen molar-refractivity contribution in [2.24, 2.45) is 0 Å². The van der Waals surface area contributed by atoms with E-state index in [2.05, 4.69) is 6.58 Å². The number of rotatable bonds is 4. The average Bonchev–Trinajstić information content (AvgIpc) is 1.96. The zero-order valence-corrected chi connectivity index (χ0v) is 6.10. The lowest BCUT2D eigenvalue weighted by Gasteiger charge is -1.74. The molecule has 0 spiro atoms. The van der Waals surface area contributed by atoms with Gasteiger partial charge in [-0.25, -0.2) is 4.79 Å². The molecule has 0 unspecified atom stereocenters. The third-order valence-electron chi connectivity index (χ3n) is 0.819. The highest BCUT2D eigenvalue weighted by atomic mass is 16.4. The number of aliphatic carboxylic acids is 1. The van der Waals surface area contributed by atoms with Crippen LogP contribution in [0.25, 0.3) is 0 Å². The van der Waals surface area contributed by atoms with Crippen LogP contribution in [-0.2, 0) is 4.79 Å². The minimum atomic E-state index is -0.942. The van der Waals surface area contributed by atoms with Gasteiger partial charge in [-0.1, -0.05) is 43.0 Å². The van der Waals surface area contributed by atoms with E-state index in [1.54, 1.807) is 30.4 Å². The zero-order chi connectivity index (χ0) is 8.53. The maximum atomic E-state index is 9.93. The summed E-state index contributed by atoms with van der Waals surface area (Å²) in [6.45, 7) is 3.47. The molecule has 0 aromatic heterocycles. The van der Waals surface area contributed by atoms with Crippen LogP contribution in [0.5, 0.6) is 0 Å². The Labute approximate surface area is 65.9 Å². The molecule has 2 heteroatoms. The second kappa shape index (κ2) is 6.55. The summed E-state index contributed by atoms with van der Waals surface area (Å²) in [4.78, 5) is 9.93. The summed E-state index contributed by atoms with van der Waals surface area (Å²) in [5, 5.41) is 8.16. The van der Waals surface area contributed by atoms with Crippen molar-refractivity contribution in [1.82, 2.24) is 0 Å². The molecule has 0 heterocycles. The van der Waals surface area contributed by atoms with E-state index >= 15 is 0 Å². The number of allylic oxidation sites excluding steroid dienone is 6. The van der Waals surface area contributed by atoms with Gasteiger partial charge in [0, 0.05) is 6.08 Å². The summed E-state index contributed by atoms with van der Waals surface area (Å²) in [5.41, 5.74) is 0. The number of carbonyl (C=O) groups is 1.